The fraction of sp³-hybridized carbons (Fsp3) is 0.500. The summed E-state index contributed by atoms with van der Waals surface area (Å²) in [5, 5.41) is 9.74. The minimum atomic E-state index is -2.98. The van der Waals surface area contributed by atoms with Gasteiger partial charge in [-0.3, -0.25) is 0 Å². The molecule has 3 rings (SSSR count). The maximum Gasteiger partial charge on any atom is 0.149 e. The summed E-state index contributed by atoms with van der Waals surface area (Å²) in [6.45, 7) is 6.66. The van der Waals surface area contributed by atoms with Crippen molar-refractivity contribution in [3.8, 4) is 11.8 Å². The summed E-state index contributed by atoms with van der Waals surface area (Å²) < 4.78 is 33.7. The molecule has 1 fully saturated rings. The Balaban J connectivity index is 1.38. The highest BCUT2D eigenvalue weighted by atomic mass is 35.5. The Kier molecular flexibility index (Phi) is 9.78. The molecule has 0 spiro atoms. The highest BCUT2D eigenvalue weighted by molar-refractivity contribution is 7.90. The first-order chi connectivity index (χ1) is 16.2. The molecule has 0 radical (unpaired) electrons. The van der Waals surface area contributed by atoms with E-state index < -0.39 is 9.84 Å². The Labute approximate surface area is 208 Å². The number of rotatable bonds is 12. The minimum Gasteiger partial charge on any atom is -0.493 e. The molecule has 1 aliphatic heterocycles. The van der Waals surface area contributed by atoms with E-state index in [1.807, 2.05) is 36.4 Å². The molecule has 2 aromatic carbocycles. The van der Waals surface area contributed by atoms with E-state index in [0.717, 1.165) is 49.4 Å². The lowest BCUT2D eigenvalue weighted by Crippen LogP contribution is -2.24. The Morgan fingerprint density at radius 2 is 1.85 bits per heavy atom. The number of halogens is 1. The topological polar surface area (TPSA) is 79.6 Å². The Hall–Kier alpha value is -2.11. The lowest BCUT2D eigenvalue weighted by atomic mass is 9.99. The summed E-state index contributed by atoms with van der Waals surface area (Å²) in [5.74, 6) is 1.93. The monoisotopic (exact) mass is 504 g/mol. The first-order valence-corrected chi connectivity index (χ1v) is 14.0. The number of hydrogen-bond acceptors (Lipinski definition) is 6. The van der Waals surface area contributed by atoms with E-state index >= 15 is 0 Å². The van der Waals surface area contributed by atoms with Gasteiger partial charge in [-0.05, 0) is 60.2 Å². The standard InChI is InChI=1S/C26H33ClN2O4S/c1-20-17-29(9-7-22-13-23(16-28)15-25(27)14-22)18-24(20)19-33-26-5-3-21(4-6-26)8-10-32-11-12-34(2,30)31/h3-6,13-15,20,24H,7-12,17-19H2,1-2H3/t20-,24+/m1/s1. The van der Waals surface area contributed by atoms with Crippen molar-refractivity contribution in [3.63, 3.8) is 0 Å². The molecule has 0 amide bonds. The second-order valence-electron chi connectivity index (χ2n) is 9.15. The number of sulfone groups is 1. The quantitative estimate of drug-likeness (QED) is 0.406. The highest BCUT2D eigenvalue weighted by Crippen LogP contribution is 2.25. The van der Waals surface area contributed by atoms with Gasteiger partial charge in [0.15, 0.2) is 0 Å². The van der Waals surface area contributed by atoms with Crippen molar-refractivity contribution >= 4 is 21.4 Å². The lowest BCUT2D eigenvalue weighted by Gasteiger charge is -2.17. The summed E-state index contributed by atoms with van der Waals surface area (Å²) in [6, 6.07) is 15.7. The summed E-state index contributed by atoms with van der Waals surface area (Å²) in [6.07, 6.45) is 2.82. The minimum absolute atomic E-state index is 0.0551. The summed E-state index contributed by atoms with van der Waals surface area (Å²) in [5.41, 5.74) is 2.83. The first-order valence-electron chi connectivity index (χ1n) is 11.6. The van der Waals surface area contributed by atoms with E-state index in [-0.39, 0.29) is 12.4 Å². The molecule has 8 heteroatoms. The van der Waals surface area contributed by atoms with Crippen LogP contribution in [-0.4, -0.2) is 64.8 Å². The van der Waals surface area contributed by atoms with Crippen LogP contribution in [0.4, 0.5) is 0 Å². The van der Waals surface area contributed by atoms with Crippen LogP contribution in [0.15, 0.2) is 42.5 Å². The number of nitriles is 1. The van der Waals surface area contributed by atoms with Crippen molar-refractivity contribution in [1.82, 2.24) is 4.90 Å². The summed E-state index contributed by atoms with van der Waals surface area (Å²) >= 11 is 6.12. The van der Waals surface area contributed by atoms with Crippen molar-refractivity contribution in [2.24, 2.45) is 11.8 Å². The second kappa shape index (κ2) is 12.6. The molecule has 1 saturated heterocycles. The fourth-order valence-corrected chi connectivity index (χ4v) is 4.82. The lowest BCUT2D eigenvalue weighted by molar-refractivity contribution is 0.152. The number of nitrogens with zero attached hydrogens (tertiary/aromatic N) is 2. The van der Waals surface area contributed by atoms with Crippen LogP contribution in [-0.2, 0) is 27.4 Å². The zero-order valence-electron chi connectivity index (χ0n) is 19.9. The van der Waals surface area contributed by atoms with E-state index in [1.165, 1.54) is 6.26 Å². The Morgan fingerprint density at radius 3 is 2.56 bits per heavy atom. The van der Waals surface area contributed by atoms with Gasteiger partial charge in [0, 0.05) is 36.8 Å². The molecule has 2 aromatic rings. The van der Waals surface area contributed by atoms with Gasteiger partial charge in [-0.15, -0.1) is 0 Å². The normalized spacial score (nSPS) is 18.6. The number of benzene rings is 2. The van der Waals surface area contributed by atoms with E-state index in [0.29, 0.717) is 35.6 Å². The van der Waals surface area contributed by atoms with Crippen LogP contribution in [0, 0.1) is 23.2 Å². The molecule has 34 heavy (non-hydrogen) atoms. The second-order valence-corrected chi connectivity index (χ2v) is 11.9. The fourth-order valence-electron chi connectivity index (χ4n) is 4.15. The molecular formula is C26H33ClN2O4S. The van der Waals surface area contributed by atoms with Crippen molar-refractivity contribution in [1.29, 1.82) is 5.26 Å². The molecule has 1 heterocycles. The van der Waals surface area contributed by atoms with Crippen LogP contribution in [0.3, 0.4) is 0 Å². The van der Waals surface area contributed by atoms with Crippen LogP contribution in [0.1, 0.15) is 23.6 Å². The van der Waals surface area contributed by atoms with Crippen molar-refractivity contribution in [2.45, 2.75) is 19.8 Å². The summed E-state index contributed by atoms with van der Waals surface area (Å²) in [4.78, 5) is 2.46. The zero-order chi connectivity index (χ0) is 24.6. The van der Waals surface area contributed by atoms with Crippen LogP contribution in [0.25, 0.3) is 0 Å². The molecule has 0 N–H and O–H groups in total. The molecule has 1 aliphatic rings. The highest BCUT2D eigenvalue weighted by Gasteiger charge is 2.29. The van der Waals surface area contributed by atoms with Crippen LogP contribution >= 0.6 is 11.6 Å². The molecule has 0 aliphatic carbocycles. The largest absolute Gasteiger partial charge is 0.493 e. The van der Waals surface area contributed by atoms with Crippen molar-refractivity contribution < 1.29 is 17.9 Å². The first kappa shape index (κ1) is 26.5. The molecule has 0 saturated carbocycles. The molecular weight excluding hydrogens is 472 g/mol. The van der Waals surface area contributed by atoms with Gasteiger partial charge in [-0.25, -0.2) is 8.42 Å². The van der Waals surface area contributed by atoms with Crippen LogP contribution < -0.4 is 4.74 Å². The maximum atomic E-state index is 11.1. The third-order valence-corrected chi connectivity index (χ3v) is 7.29. The van der Waals surface area contributed by atoms with E-state index in [2.05, 4.69) is 17.9 Å². The third kappa shape index (κ3) is 8.92. The van der Waals surface area contributed by atoms with E-state index in [1.54, 1.807) is 6.07 Å². The van der Waals surface area contributed by atoms with Gasteiger partial charge in [0.05, 0.1) is 37.2 Å². The van der Waals surface area contributed by atoms with Gasteiger partial charge in [0.1, 0.15) is 15.6 Å². The van der Waals surface area contributed by atoms with Crippen LogP contribution in [0.2, 0.25) is 5.02 Å². The molecule has 0 aromatic heterocycles. The number of likely N-dealkylation sites (tertiary alicyclic amines) is 1. The van der Waals surface area contributed by atoms with Gasteiger partial charge in [-0.1, -0.05) is 30.7 Å². The van der Waals surface area contributed by atoms with Gasteiger partial charge in [0.2, 0.25) is 0 Å². The smallest absolute Gasteiger partial charge is 0.149 e. The van der Waals surface area contributed by atoms with E-state index in [9.17, 15) is 8.42 Å². The number of ether oxygens (including phenoxy) is 2. The van der Waals surface area contributed by atoms with Crippen molar-refractivity contribution in [3.05, 3.63) is 64.2 Å². The molecule has 184 valence electrons. The third-order valence-electron chi connectivity index (χ3n) is 6.17. The van der Waals surface area contributed by atoms with Crippen molar-refractivity contribution in [2.75, 3.05) is 51.5 Å². The molecule has 0 bridgehead atoms. The average Bonchev–Trinajstić information content (AvgIpc) is 3.15. The number of hydrogen-bond donors (Lipinski definition) is 0. The predicted octanol–water partition coefficient (Wildman–Crippen LogP) is 4.00. The van der Waals surface area contributed by atoms with Crippen LogP contribution in [0.5, 0.6) is 5.75 Å². The average molecular weight is 505 g/mol. The summed E-state index contributed by atoms with van der Waals surface area (Å²) in [7, 11) is -2.98. The van der Waals surface area contributed by atoms with Gasteiger partial charge in [0.25, 0.3) is 0 Å². The molecule has 2 atom stereocenters. The maximum absolute atomic E-state index is 11.1. The van der Waals surface area contributed by atoms with E-state index in [4.69, 9.17) is 26.3 Å². The van der Waals surface area contributed by atoms with Gasteiger partial charge in [-0.2, -0.15) is 5.26 Å². The zero-order valence-corrected chi connectivity index (χ0v) is 21.4. The SMILES string of the molecule is C[C@@H]1CN(CCc2cc(Cl)cc(C#N)c2)C[C@H]1COc1ccc(CCOCCS(C)(=O)=O)cc1. The molecule has 0 unspecified atom stereocenters. The molecule has 6 nitrogen and oxygen atoms in total. The Bertz CT molecular complexity index is 1080. The predicted molar refractivity (Wildman–Crippen MR) is 135 cm³/mol. The van der Waals surface area contributed by atoms with Gasteiger partial charge < -0.3 is 14.4 Å². The van der Waals surface area contributed by atoms with Gasteiger partial charge >= 0.3 is 0 Å². The Morgan fingerprint density at radius 1 is 1.09 bits per heavy atom.